The number of rotatable bonds is 2. The van der Waals surface area contributed by atoms with Gasteiger partial charge in [0.2, 0.25) is 5.88 Å². The van der Waals surface area contributed by atoms with E-state index in [0.29, 0.717) is 23.7 Å². The van der Waals surface area contributed by atoms with Crippen molar-refractivity contribution in [3.8, 4) is 11.6 Å². The molecule has 2 aromatic heterocycles. The predicted octanol–water partition coefficient (Wildman–Crippen LogP) is 2.70. The average Bonchev–Trinajstić information content (AvgIpc) is 3.15. The van der Waals surface area contributed by atoms with Crippen molar-refractivity contribution in [2.45, 2.75) is 13.0 Å². The topological polar surface area (TPSA) is 60.2 Å². The van der Waals surface area contributed by atoms with E-state index in [4.69, 9.17) is 4.74 Å². The average molecular weight is 320 g/mol. The summed E-state index contributed by atoms with van der Waals surface area (Å²) in [5.74, 6) is 0.395. The summed E-state index contributed by atoms with van der Waals surface area (Å²) in [6.45, 7) is 2.41. The molecule has 120 valence electrons. The van der Waals surface area contributed by atoms with Gasteiger partial charge in [0.15, 0.2) is 0 Å². The van der Waals surface area contributed by atoms with Crippen LogP contribution in [-0.4, -0.2) is 33.3 Å². The van der Waals surface area contributed by atoms with E-state index in [1.54, 1.807) is 28.0 Å². The summed E-state index contributed by atoms with van der Waals surface area (Å²) in [7, 11) is 0. The Bertz CT molecular complexity index is 876. The van der Waals surface area contributed by atoms with Crippen LogP contribution in [0.5, 0.6) is 5.88 Å². The number of hydrogen-bond donors (Lipinski definition) is 0. The monoisotopic (exact) mass is 320 g/mol. The van der Waals surface area contributed by atoms with E-state index < -0.39 is 0 Å². The fourth-order valence-corrected chi connectivity index (χ4v) is 2.87. The van der Waals surface area contributed by atoms with Crippen molar-refractivity contribution in [3.63, 3.8) is 0 Å². The third-order valence-electron chi connectivity index (χ3n) is 3.93. The molecular weight excluding hydrogens is 304 g/mol. The van der Waals surface area contributed by atoms with Gasteiger partial charge in [0, 0.05) is 18.6 Å². The number of nitrogens with zero attached hydrogens (tertiary/aromatic N) is 4. The Labute approximate surface area is 139 Å². The third-order valence-corrected chi connectivity index (χ3v) is 3.93. The first-order valence-electron chi connectivity index (χ1n) is 7.76. The zero-order chi connectivity index (χ0) is 16.5. The van der Waals surface area contributed by atoms with Crippen molar-refractivity contribution in [2.75, 3.05) is 11.4 Å². The Kier molecular flexibility index (Phi) is 3.49. The molecule has 1 aliphatic rings. The number of carbonyl (C=O) groups is 1. The lowest BCUT2D eigenvalue weighted by atomic mass is 10.1. The van der Waals surface area contributed by atoms with E-state index in [2.05, 4.69) is 10.1 Å². The van der Waals surface area contributed by atoms with Crippen LogP contribution in [0, 0.1) is 0 Å². The van der Waals surface area contributed by atoms with E-state index >= 15 is 0 Å². The molecule has 1 amide bonds. The molecule has 0 bridgehead atoms. The van der Waals surface area contributed by atoms with Crippen molar-refractivity contribution in [1.29, 1.82) is 0 Å². The molecule has 1 atom stereocenters. The van der Waals surface area contributed by atoms with E-state index in [0.717, 1.165) is 5.69 Å². The molecule has 6 nitrogen and oxygen atoms in total. The summed E-state index contributed by atoms with van der Waals surface area (Å²) in [6.07, 6.45) is 5.06. The molecule has 0 fully saturated rings. The minimum atomic E-state index is -0.117. The highest BCUT2D eigenvalue weighted by atomic mass is 16.5. The largest absolute Gasteiger partial charge is 0.471 e. The molecular formula is C18H16N4O2. The van der Waals surface area contributed by atoms with Crippen LogP contribution in [0.4, 0.5) is 5.69 Å². The second kappa shape index (κ2) is 5.81. The fraction of sp³-hybridized carbons (Fsp3) is 0.167. The molecule has 0 N–H and O–H groups in total. The third kappa shape index (κ3) is 2.42. The van der Waals surface area contributed by atoms with Crippen LogP contribution in [0.3, 0.4) is 0 Å². The molecule has 1 aliphatic heterocycles. The molecule has 3 heterocycles. The highest BCUT2D eigenvalue weighted by Gasteiger charge is 2.30. The molecule has 1 aromatic carbocycles. The van der Waals surface area contributed by atoms with Gasteiger partial charge in [0.1, 0.15) is 11.8 Å². The standard InChI is InChI=1S/C18H16N4O2/c1-13-12-21(16-8-4-9-19-17(16)24-13)18(23)14-6-2-3-7-15(14)22-11-5-10-20-22/h2-11,13H,12H2,1H3. The number of pyridine rings is 1. The van der Waals surface area contributed by atoms with Crippen molar-refractivity contribution in [1.82, 2.24) is 14.8 Å². The first kappa shape index (κ1) is 14.4. The maximum absolute atomic E-state index is 13.2. The lowest BCUT2D eigenvalue weighted by molar-refractivity contribution is 0.0958. The first-order chi connectivity index (χ1) is 11.7. The van der Waals surface area contributed by atoms with Gasteiger partial charge < -0.3 is 4.74 Å². The normalized spacial score (nSPS) is 16.4. The van der Waals surface area contributed by atoms with E-state index in [1.807, 2.05) is 49.5 Å². The van der Waals surface area contributed by atoms with Crippen LogP contribution in [0.25, 0.3) is 5.69 Å². The maximum Gasteiger partial charge on any atom is 0.260 e. The van der Waals surface area contributed by atoms with Gasteiger partial charge >= 0.3 is 0 Å². The molecule has 24 heavy (non-hydrogen) atoms. The number of aromatic nitrogens is 3. The number of para-hydroxylation sites is 1. The van der Waals surface area contributed by atoms with Crippen molar-refractivity contribution >= 4 is 11.6 Å². The molecule has 0 radical (unpaired) electrons. The van der Waals surface area contributed by atoms with Gasteiger partial charge in [-0.1, -0.05) is 12.1 Å². The summed E-state index contributed by atoms with van der Waals surface area (Å²) < 4.78 is 7.42. The van der Waals surface area contributed by atoms with Crippen LogP contribution in [0.2, 0.25) is 0 Å². The Balaban J connectivity index is 1.78. The van der Waals surface area contributed by atoms with Crippen LogP contribution in [-0.2, 0) is 0 Å². The number of hydrogen-bond acceptors (Lipinski definition) is 4. The molecule has 6 heteroatoms. The predicted molar refractivity (Wildman–Crippen MR) is 89.6 cm³/mol. The van der Waals surface area contributed by atoms with Crippen molar-refractivity contribution in [3.05, 3.63) is 66.6 Å². The quantitative estimate of drug-likeness (QED) is 0.728. The fourth-order valence-electron chi connectivity index (χ4n) is 2.87. The first-order valence-corrected chi connectivity index (χ1v) is 7.76. The molecule has 0 spiro atoms. The second-order valence-electron chi connectivity index (χ2n) is 5.64. The minimum absolute atomic E-state index is 0.0921. The molecule has 0 aliphatic carbocycles. The number of ether oxygens (including phenoxy) is 1. The smallest absolute Gasteiger partial charge is 0.260 e. The number of carbonyl (C=O) groups excluding carboxylic acids is 1. The lowest BCUT2D eigenvalue weighted by Gasteiger charge is -2.32. The lowest BCUT2D eigenvalue weighted by Crippen LogP contribution is -2.42. The second-order valence-corrected chi connectivity index (χ2v) is 5.64. The summed E-state index contributed by atoms with van der Waals surface area (Å²) >= 11 is 0. The van der Waals surface area contributed by atoms with Gasteiger partial charge in [-0.05, 0) is 37.3 Å². The Morgan fingerprint density at radius 2 is 1.96 bits per heavy atom. The van der Waals surface area contributed by atoms with Crippen molar-refractivity contribution < 1.29 is 9.53 Å². The van der Waals surface area contributed by atoms with E-state index in [9.17, 15) is 4.79 Å². The zero-order valence-corrected chi connectivity index (χ0v) is 13.2. The summed E-state index contributed by atoms with van der Waals surface area (Å²) in [5.41, 5.74) is 2.03. The zero-order valence-electron chi connectivity index (χ0n) is 13.2. The Hall–Kier alpha value is -3.15. The number of amides is 1. The number of anilines is 1. The highest BCUT2D eigenvalue weighted by molar-refractivity contribution is 6.09. The van der Waals surface area contributed by atoms with Crippen molar-refractivity contribution in [2.24, 2.45) is 0 Å². The summed E-state index contributed by atoms with van der Waals surface area (Å²) in [6, 6.07) is 12.9. The number of benzene rings is 1. The van der Waals surface area contributed by atoms with Gasteiger partial charge in [-0.25, -0.2) is 9.67 Å². The Morgan fingerprint density at radius 1 is 1.12 bits per heavy atom. The van der Waals surface area contributed by atoms with Crippen LogP contribution in [0.15, 0.2) is 61.1 Å². The van der Waals surface area contributed by atoms with Gasteiger partial charge in [0.25, 0.3) is 5.91 Å². The van der Waals surface area contributed by atoms with E-state index in [-0.39, 0.29) is 12.0 Å². The molecule has 4 rings (SSSR count). The minimum Gasteiger partial charge on any atom is -0.471 e. The molecule has 3 aromatic rings. The Morgan fingerprint density at radius 3 is 2.79 bits per heavy atom. The molecule has 0 saturated heterocycles. The molecule has 1 unspecified atom stereocenters. The molecule has 0 saturated carbocycles. The van der Waals surface area contributed by atoms with Gasteiger partial charge in [-0.2, -0.15) is 5.10 Å². The number of fused-ring (bicyclic) bond motifs is 1. The summed E-state index contributed by atoms with van der Waals surface area (Å²) in [5, 5.41) is 4.24. The van der Waals surface area contributed by atoms with Crippen LogP contribution < -0.4 is 9.64 Å². The van der Waals surface area contributed by atoms with Gasteiger partial charge in [0.05, 0.1) is 17.8 Å². The van der Waals surface area contributed by atoms with Gasteiger partial charge in [-0.15, -0.1) is 0 Å². The van der Waals surface area contributed by atoms with Crippen LogP contribution >= 0.6 is 0 Å². The summed E-state index contributed by atoms with van der Waals surface area (Å²) in [4.78, 5) is 19.2. The van der Waals surface area contributed by atoms with Crippen LogP contribution in [0.1, 0.15) is 17.3 Å². The van der Waals surface area contributed by atoms with Gasteiger partial charge in [-0.3, -0.25) is 9.69 Å². The SMILES string of the molecule is CC1CN(C(=O)c2ccccc2-n2cccn2)c2cccnc2O1. The van der Waals surface area contributed by atoms with E-state index in [1.165, 1.54) is 0 Å². The maximum atomic E-state index is 13.2. The highest BCUT2D eigenvalue weighted by Crippen LogP contribution is 2.32.